The molecule has 6 rings (SSSR count). The fourth-order valence-corrected chi connectivity index (χ4v) is 8.84. The van der Waals surface area contributed by atoms with Crippen LogP contribution in [0.25, 0.3) is 11.0 Å². The molecule has 0 radical (unpaired) electrons. The number of aromatic hydroxyl groups is 1. The fourth-order valence-electron chi connectivity index (χ4n) is 7.65. The highest BCUT2D eigenvalue weighted by molar-refractivity contribution is 8.00. The minimum absolute atomic E-state index is 0.0666. The number of hydrogen-bond donors (Lipinski definition) is 4. The van der Waals surface area contributed by atoms with Crippen molar-refractivity contribution in [2.45, 2.75) is 77.1 Å². The maximum Gasteiger partial charge on any atom is 0.307 e. The van der Waals surface area contributed by atoms with E-state index in [0.717, 1.165) is 50.6 Å². The number of amides is 3. The summed E-state index contributed by atoms with van der Waals surface area (Å²) in [6.07, 6.45) is 6.93. The molecule has 3 aliphatic rings. The fraction of sp³-hybridized carbons (Fsp3) is 0.605. The minimum atomic E-state index is -0.913. The summed E-state index contributed by atoms with van der Waals surface area (Å²) in [6, 6.07) is 3.70. The summed E-state index contributed by atoms with van der Waals surface area (Å²) in [6.45, 7) is 8.31. The Morgan fingerprint density at radius 3 is 2.53 bits per heavy atom. The molecule has 2 aliphatic heterocycles. The van der Waals surface area contributed by atoms with Crippen LogP contribution < -0.4 is 15.8 Å². The zero-order valence-corrected chi connectivity index (χ0v) is 32.7. The zero-order valence-electron chi connectivity index (χ0n) is 31.9. The van der Waals surface area contributed by atoms with Gasteiger partial charge < -0.3 is 30.9 Å². The van der Waals surface area contributed by atoms with E-state index in [-0.39, 0.29) is 60.0 Å². The average molecular weight is 780 g/mol. The number of phenols is 1. The number of benzene rings is 1. The number of nitrogens with zero attached hydrogens (tertiary/aromatic N) is 7. The molecular formula is C38H53N9O7S. The Hall–Kier alpha value is -4.64. The van der Waals surface area contributed by atoms with Gasteiger partial charge in [-0.15, -0.1) is 11.8 Å². The zero-order chi connectivity index (χ0) is 39.2. The molecule has 16 nitrogen and oxygen atoms in total. The van der Waals surface area contributed by atoms with Gasteiger partial charge in [0, 0.05) is 63.9 Å². The SMILES string of the molecule is CCCCNc1nc(N)nc2cn(Cc3c(O)cc(CN4CCN(C(=O)C5CCC(CN6C(=O)CC(SC[C@H](C)C(=O)O)C6=O)CC5)CC4)cc3OC)nc12. The lowest BCUT2D eigenvalue weighted by molar-refractivity contribution is -0.141. The molecule has 3 amide bonds. The third-order valence-electron chi connectivity index (χ3n) is 10.9. The number of imide groups is 1. The van der Waals surface area contributed by atoms with Crippen molar-refractivity contribution in [3.05, 3.63) is 29.5 Å². The van der Waals surface area contributed by atoms with Crippen LogP contribution in [0, 0.1) is 17.8 Å². The van der Waals surface area contributed by atoms with Gasteiger partial charge in [0.2, 0.25) is 23.7 Å². The summed E-state index contributed by atoms with van der Waals surface area (Å²) in [5.74, 6) is 0.0393. The van der Waals surface area contributed by atoms with Gasteiger partial charge in [-0.3, -0.25) is 33.7 Å². The van der Waals surface area contributed by atoms with Gasteiger partial charge in [0.25, 0.3) is 0 Å². The number of thioether (sulfide) groups is 1. The van der Waals surface area contributed by atoms with Crippen LogP contribution in [0.15, 0.2) is 18.3 Å². The third kappa shape index (κ3) is 9.61. The first-order chi connectivity index (χ1) is 26.4. The summed E-state index contributed by atoms with van der Waals surface area (Å²) >= 11 is 1.25. The average Bonchev–Trinajstić information content (AvgIpc) is 3.70. The number of carboxylic acids is 1. The van der Waals surface area contributed by atoms with E-state index in [1.165, 1.54) is 16.7 Å². The molecule has 2 aromatic heterocycles. The van der Waals surface area contributed by atoms with Gasteiger partial charge >= 0.3 is 5.97 Å². The molecule has 1 unspecified atom stereocenters. The molecule has 3 fully saturated rings. The van der Waals surface area contributed by atoms with Crippen LogP contribution in [0.3, 0.4) is 0 Å². The first-order valence-corrected chi connectivity index (χ1v) is 20.3. The van der Waals surface area contributed by atoms with E-state index < -0.39 is 17.1 Å². The number of phenolic OH excluding ortho intramolecular Hbond substituents is 1. The normalized spacial score (nSPS) is 21.3. The van der Waals surface area contributed by atoms with Crippen molar-refractivity contribution in [2.24, 2.45) is 17.8 Å². The molecule has 1 aromatic carbocycles. The van der Waals surface area contributed by atoms with E-state index in [9.17, 15) is 24.3 Å². The summed E-state index contributed by atoms with van der Waals surface area (Å²) in [5, 5.41) is 27.8. The van der Waals surface area contributed by atoms with Crippen molar-refractivity contribution in [3.8, 4) is 11.5 Å². The van der Waals surface area contributed by atoms with E-state index in [2.05, 4.69) is 32.2 Å². The number of carbonyl (C=O) groups excluding carboxylic acids is 3. The first-order valence-electron chi connectivity index (χ1n) is 19.3. The highest BCUT2D eigenvalue weighted by Crippen LogP contribution is 2.35. The molecule has 1 saturated carbocycles. The second kappa shape index (κ2) is 17.9. The van der Waals surface area contributed by atoms with E-state index >= 15 is 0 Å². The topological polar surface area (TPSA) is 209 Å². The monoisotopic (exact) mass is 779 g/mol. The van der Waals surface area contributed by atoms with E-state index in [1.807, 2.05) is 11.0 Å². The number of fused-ring (bicyclic) bond motifs is 1. The van der Waals surface area contributed by atoms with Crippen LogP contribution in [0.5, 0.6) is 11.5 Å². The number of nitrogens with two attached hydrogens (primary N) is 1. The lowest BCUT2D eigenvalue weighted by atomic mass is 9.81. The molecule has 298 valence electrons. The lowest BCUT2D eigenvalue weighted by Gasteiger charge is -2.38. The number of aliphatic carboxylic acids is 1. The Balaban J connectivity index is 0.972. The Labute approximate surface area is 325 Å². The molecule has 5 N–H and O–H groups in total. The Bertz CT molecular complexity index is 1870. The van der Waals surface area contributed by atoms with Crippen LogP contribution in [0.4, 0.5) is 11.8 Å². The number of carbonyl (C=O) groups is 4. The first kappa shape index (κ1) is 40.0. The van der Waals surface area contributed by atoms with Crippen molar-refractivity contribution < 1.29 is 34.1 Å². The van der Waals surface area contributed by atoms with Crippen molar-refractivity contribution in [2.75, 3.05) is 63.2 Å². The van der Waals surface area contributed by atoms with Crippen LogP contribution in [0.1, 0.15) is 69.9 Å². The maximum absolute atomic E-state index is 13.5. The minimum Gasteiger partial charge on any atom is -0.507 e. The van der Waals surface area contributed by atoms with Gasteiger partial charge in [0.1, 0.15) is 17.0 Å². The van der Waals surface area contributed by atoms with Gasteiger partial charge in [0.15, 0.2) is 11.3 Å². The second-order valence-electron chi connectivity index (χ2n) is 15.0. The third-order valence-corrected chi connectivity index (χ3v) is 12.4. The van der Waals surface area contributed by atoms with Crippen molar-refractivity contribution in [1.82, 2.24) is 34.4 Å². The molecule has 17 heteroatoms. The number of rotatable bonds is 16. The highest BCUT2D eigenvalue weighted by Gasteiger charge is 2.41. The quantitative estimate of drug-likeness (QED) is 0.121. The van der Waals surface area contributed by atoms with Gasteiger partial charge in [-0.1, -0.05) is 20.3 Å². The maximum atomic E-state index is 13.5. The smallest absolute Gasteiger partial charge is 0.307 e. The number of nitrogens with one attached hydrogen (secondary N) is 1. The number of aromatic nitrogens is 4. The molecule has 1 aliphatic carbocycles. The number of methoxy groups -OCH3 is 1. The van der Waals surface area contributed by atoms with Crippen LogP contribution in [-0.4, -0.2) is 126 Å². The number of hydrogen-bond acceptors (Lipinski definition) is 13. The summed E-state index contributed by atoms with van der Waals surface area (Å²) in [7, 11) is 1.58. The predicted octanol–water partition coefficient (Wildman–Crippen LogP) is 3.42. The summed E-state index contributed by atoms with van der Waals surface area (Å²) < 4.78 is 7.42. The van der Waals surface area contributed by atoms with E-state index in [1.54, 1.807) is 31.0 Å². The number of unbranched alkanes of at least 4 members (excludes halogenated alkanes) is 1. The molecule has 2 atom stereocenters. The Morgan fingerprint density at radius 2 is 1.84 bits per heavy atom. The predicted molar refractivity (Wildman–Crippen MR) is 209 cm³/mol. The van der Waals surface area contributed by atoms with Crippen LogP contribution in [-0.2, 0) is 32.3 Å². The summed E-state index contributed by atoms with van der Waals surface area (Å²) in [5.41, 5.74) is 8.66. The molecule has 3 aromatic rings. The van der Waals surface area contributed by atoms with Crippen molar-refractivity contribution in [3.63, 3.8) is 0 Å². The highest BCUT2D eigenvalue weighted by atomic mass is 32.2. The number of anilines is 2. The lowest BCUT2D eigenvalue weighted by Crippen LogP contribution is -2.50. The largest absolute Gasteiger partial charge is 0.507 e. The number of piperazine rings is 1. The molecule has 2 saturated heterocycles. The van der Waals surface area contributed by atoms with Gasteiger partial charge in [-0.2, -0.15) is 10.1 Å². The van der Waals surface area contributed by atoms with Crippen molar-refractivity contribution in [1.29, 1.82) is 0 Å². The molecule has 4 heterocycles. The Morgan fingerprint density at radius 1 is 1.09 bits per heavy atom. The summed E-state index contributed by atoms with van der Waals surface area (Å²) in [4.78, 5) is 64.5. The van der Waals surface area contributed by atoms with Gasteiger partial charge in [-0.25, -0.2) is 4.98 Å². The molecule has 0 spiro atoms. The van der Waals surface area contributed by atoms with Crippen LogP contribution in [0.2, 0.25) is 0 Å². The number of nitrogen functional groups attached to an aromatic ring is 1. The van der Waals surface area contributed by atoms with E-state index in [0.29, 0.717) is 67.4 Å². The van der Waals surface area contributed by atoms with Crippen LogP contribution >= 0.6 is 11.8 Å². The standard InChI is InChI=1S/C38H53N9O7S/c1-4-5-10-40-34-33-28(41-38(39)42-34)21-46(43-33)20-27-29(48)15-25(16-30(27)54-3)18-44-11-13-45(14-12-44)35(50)26-8-6-24(7-9-26)19-47-32(49)17-31(36(47)51)55-22-23(2)37(52)53/h15-16,21,23-24,26,31,48H,4-14,17-20,22H2,1-3H3,(H,52,53)(H3,39,40,41,42)/t23-,24?,26?,31?/m0/s1. The number of ether oxygens (including phenoxy) is 1. The second-order valence-corrected chi connectivity index (χ2v) is 16.2. The number of likely N-dealkylation sites (tertiary alicyclic amines) is 1. The van der Waals surface area contributed by atoms with Gasteiger partial charge in [0.05, 0.1) is 36.6 Å². The molecule has 55 heavy (non-hydrogen) atoms. The number of carboxylic acid groups (broad SMARTS) is 1. The van der Waals surface area contributed by atoms with E-state index in [4.69, 9.17) is 15.6 Å². The van der Waals surface area contributed by atoms with Crippen molar-refractivity contribution >= 4 is 58.3 Å². The van der Waals surface area contributed by atoms with Gasteiger partial charge in [-0.05, 0) is 55.7 Å². The molecular weight excluding hydrogens is 727 g/mol. The molecule has 0 bridgehead atoms. The Kier molecular flexibility index (Phi) is 13.0.